The summed E-state index contributed by atoms with van der Waals surface area (Å²) in [4.78, 5) is 41.3. The molecule has 5 atom stereocenters. The Morgan fingerprint density at radius 2 is 1.90 bits per heavy atom. The summed E-state index contributed by atoms with van der Waals surface area (Å²) in [6.45, 7) is 9.52. The number of aromatic nitrogens is 2. The molecule has 49 heavy (non-hydrogen) atoms. The highest BCUT2D eigenvalue weighted by atomic mass is 16.5. The van der Waals surface area contributed by atoms with Gasteiger partial charge in [-0.3, -0.25) is 9.79 Å². The second-order valence-corrected chi connectivity index (χ2v) is 15.1. The van der Waals surface area contributed by atoms with Gasteiger partial charge in [-0.1, -0.05) is 45.9 Å². The summed E-state index contributed by atoms with van der Waals surface area (Å²) in [5.74, 6) is 3.46. The van der Waals surface area contributed by atoms with E-state index >= 15 is 0 Å². The minimum atomic E-state index is -0.661. The van der Waals surface area contributed by atoms with Gasteiger partial charge in [0.1, 0.15) is 24.2 Å². The van der Waals surface area contributed by atoms with E-state index in [1.807, 2.05) is 24.9 Å². The molecule has 4 aliphatic rings. The summed E-state index contributed by atoms with van der Waals surface area (Å²) in [7, 11) is 1.32. The van der Waals surface area contributed by atoms with Gasteiger partial charge in [-0.05, 0) is 101 Å². The van der Waals surface area contributed by atoms with E-state index in [0.29, 0.717) is 31.4 Å². The highest BCUT2D eigenvalue weighted by molar-refractivity contribution is 6.06. The number of nitrogens with zero attached hydrogens (tertiary/aromatic N) is 3. The Morgan fingerprint density at radius 3 is 2.67 bits per heavy atom. The largest absolute Gasteiger partial charge is 0.488 e. The minimum absolute atomic E-state index is 0.0818. The lowest BCUT2D eigenvalue weighted by molar-refractivity contribution is -0.134. The molecule has 254 valence electrons. The number of aromatic amines is 1. The molecule has 2 amide bonds. The fraction of sp³-hybridized carbons (Fsp3) is 0.450. The van der Waals surface area contributed by atoms with Gasteiger partial charge in [-0.25, -0.2) is 9.78 Å². The Morgan fingerprint density at radius 1 is 1.04 bits per heavy atom. The summed E-state index contributed by atoms with van der Waals surface area (Å²) in [6.07, 6.45) is 6.59. The van der Waals surface area contributed by atoms with Gasteiger partial charge in [-0.2, -0.15) is 0 Å². The number of likely N-dealkylation sites (tertiary alicyclic amines) is 1. The Bertz CT molecular complexity index is 2000. The van der Waals surface area contributed by atoms with E-state index in [0.717, 1.165) is 62.9 Å². The van der Waals surface area contributed by atoms with Crippen molar-refractivity contribution in [2.45, 2.75) is 84.4 Å². The van der Waals surface area contributed by atoms with Crippen LogP contribution in [-0.2, 0) is 22.6 Å². The number of ether oxygens (including phenoxy) is 2. The maximum Gasteiger partial charge on any atom is 0.407 e. The monoisotopic (exact) mass is 659 g/mol. The number of rotatable bonds is 6. The van der Waals surface area contributed by atoms with Crippen LogP contribution in [0.5, 0.6) is 5.75 Å². The van der Waals surface area contributed by atoms with Crippen LogP contribution in [0.3, 0.4) is 0 Å². The number of aliphatic imine (C=N–C) groups is 1. The average Bonchev–Trinajstić information content (AvgIpc) is 3.91. The summed E-state index contributed by atoms with van der Waals surface area (Å²) < 4.78 is 11.2. The quantitative estimate of drug-likeness (QED) is 0.219. The highest BCUT2D eigenvalue weighted by Crippen LogP contribution is 2.45. The SMILES string of the molecule is COC(=O)N[C@H](C(=O)N1C[C@@H](C)C[C@H]1C1=Nc2ccc3cc4c(cc3c2C1)OCc1cc(-c2cnc([C@H]3CC[C@@H](C)C3)[nH]2)ccc1-4)C(C)C. The first kappa shape index (κ1) is 31.6. The predicted molar refractivity (Wildman–Crippen MR) is 191 cm³/mol. The van der Waals surface area contributed by atoms with E-state index in [4.69, 9.17) is 19.5 Å². The van der Waals surface area contributed by atoms with E-state index in [1.165, 1.54) is 43.1 Å². The standard InChI is InChI=1S/C40H45N5O4/c1-21(2)37(44-40(47)48-5)39(46)45-19-23(4)13-35(45)33-16-30-29-17-36-31(15-24(29)9-11-32(30)42-33)28-10-8-25(14-27(28)20-49-36)34-18-41-38(43-34)26-7-6-22(3)12-26/h8-11,14-15,17-18,21-23,26,35,37H,6-7,12-13,16,19-20H2,1-5H3,(H,41,43)(H,44,47)/t22-,23+,26+,35+,37+/m1/s1. The zero-order valence-corrected chi connectivity index (χ0v) is 29.0. The minimum Gasteiger partial charge on any atom is -0.488 e. The molecule has 9 heteroatoms. The van der Waals surface area contributed by atoms with Crippen molar-refractivity contribution in [3.8, 4) is 28.1 Å². The number of imidazole rings is 1. The third-order valence-corrected chi connectivity index (χ3v) is 11.2. The summed E-state index contributed by atoms with van der Waals surface area (Å²) in [5.41, 5.74) is 8.79. The number of benzene rings is 3. The first-order valence-corrected chi connectivity index (χ1v) is 17.8. The van der Waals surface area contributed by atoms with Crippen molar-refractivity contribution in [3.05, 3.63) is 65.6 Å². The second kappa shape index (κ2) is 12.3. The van der Waals surface area contributed by atoms with Crippen LogP contribution in [0.1, 0.15) is 76.2 Å². The topological polar surface area (TPSA) is 109 Å². The first-order valence-electron chi connectivity index (χ1n) is 17.8. The highest BCUT2D eigenvalue weighted by Gasteiger charge is 2.41. The number of fused-ring (bicyclic) bond motifs is 6. The van der Waals surface area contributed by atoms with Gasteiger partial charge < -0.3 is 24.7 Å². The Labute approximate surface area is 287 Å². The first-order chi connectivity index (χ1) is 23.7. The van der Waals surface area contributed by atoms with Crippen molar-refractivity contribution in [1.82, 2.24) is 20.2 Å². The number of carbonyl (C=O) groups is 2. The van der Waals surface area contributed by atoms with E-state index in [2.05, 4.69) is 66.6 Å². The molecule has 3 aliphatic heterocycles. The third kappa shape index (κ3) is 5.67. The lowest BCUT2D eigenvalue weighted by Gasteiger charge is -2.31. The Hall–Kier alpha value is -4.66. The summed E-state index contributed by atoms with van der Waals surface area (Å²) in [6, 6.07) is 14.5. The number of nitrogens with one attached hydrogen (secondary N) is 2. The van der Waals surface area contributed by atoms with Gasteiger partial charge in [0.2, 0.25) is 5.91 Å². The van der Waals surface area contributed by atoms with Crippen molar-refractivity contribution in [2.24, 2.45) is 22.7 Å². The molecule has 0 radical (unpaired) electrons. The van der Waals surface area contributed by atoms with Crippen LogP contribution in [0, 0.1) is 17.8 Å². The van der Waals surface area contributed by atoms with Crippen LogP contribution in [0.2, 0.25) is 0 Å². The van der Waals surface area contributed by atoms with Crippen LogP contribution in [0.15, 0.2) is 53.7 Å². The van der Waals surface area contributed by atoms with Gasteiger partial charge in [-0.15, -0.1) is 0 Å². The van der Waals surface area contributed by atoms with Crippen LogP contribution in [0.4, 0.5) is 10.5 Å². The van der Waals surface area contributed by atoms with Crippen molar-refractivity contribution in [3.63, 3.8) is 0 Å². The van der Waals surface area contributed by atoms with Gasteiger partial charge in [0, 0.05) is 30.2 Å². The van der Waals surface area contributed by atoms with Crippen molar-refractivity contribution < 1.29 is 19.1 Å². The number of methoxy groups -OCH3 is 1. The molecule has 2 fully saturated rings. The number of hydrogen-bond acceptors (Lipinski definition) is 6. The molecule has 0 bridgehead atoms. The van der Waals surface area contributed by atoms with Crippen molar-refractivity contribution in [1.29, 1.82) is 0 Å². The molecular weight excluding hydrogens is 614 g/mol. The van der Waals surface area contributed by atoms with Gasteiger partial charge in [0.05, 0.1) is 30.7 Å². The molecule has 9 nitrogen and oxygen atoms in total. The predicted octanol–water partition coefficient (Wildman–Crippen LogP) is 7.94. The van der Waals surface area contributed by atoms with E-state index in [1.54, 1.807) is 0 Å². The van der Waals surface area contributed by atoms with E-state index in [9.17, 15) is 9.59 Å². The smallest absolute Gasteiger partial charge is 0.407 e. The maximum atomic E-state index is 13.8. The molecule has 0 unspecified atom stereocenters. The third-order valence-electron chi connectivity index (χ3n) is 11.2. The number of H-pyrrole nitrogens is 1. The Kier molecular flexibility index (Phi) is 7.96. The van der Waals surface area contributed by atoms with Crippen LogP contribution >= 0.6 is 0 Å². The molecular formula is C40H45N5O4. The fourth-order valence-corrected chi connectivity index (χ4v) is 8.52. The fourth-order valence-electron chi connectivity index (χ4n) is 8.52. The number of alkyl carbamates (subject to hydrolysis) is 1. The van der Waals surface area contributed by atoms with Gasteiger partial charge in [0.25, 0.3) is 0 Å². The molecule has 1 saturated carbocycles. The van der Waals surface area contributed by atoms with Gasteiger partial charge in [0.15, 0.2) is 0 Å². The molecule has 1 saturated heterocycles. The number of carbonyl (C=O) groups excluding carboxylic acids is 2. The molecule has 0 spiro atoms. The van der Waals surface area contributed by atoms with Crippen molar-refractivity contribution >= 4 is 34.2 Å². The van der Waals surface area contributed by atoms with E-state index in [-0.39, 0.29) is 17.9 Å². The molecule has 2 N–H and O–H groups in total. The van der Waals surface area contributed by atoms with Gasteiger partial charge >= 0.3 is 6.09 Å². The van der Waals surface area contributed by atoms with Crippen LogP contribution in [0.25, 0.3) is 33.2 Å². The lowest BCUT2D eigenvalue weighted by atomic mass is 9.90. The van der Waals surface area contributed by atoms with Crippen molar-refractivity contribution in [2.75, 3.05) is 13.7 Å². The summed E-state index contributed by atoms with van der Waals surface area (Å²) >= 11 is 0. The van der Waals surface area contributed by atoms with E-state index < -0.39 is 12.1 Å². The number of hydrogen-bond donors (Lipinski definition) is 2. The second-order valence-electron chi connectivity index (χ2n) is 15.1. The normalized spacial score (nSPS) is 23.1. The van der Waals surface area contributed by atoms with Crippen LogP contribution in [-0.4, -0.2) is 58.3 Å². The average molecular weight is 660 g/mol. The lowest BCUT2D eigenvalue weighted by Crippen LogP contribution is -2.53. The Balaban J connectivity index is 1.05. The van der Waals surface area contributed by atoms with Crippen LogP contribution < -0.4 is 10.1 Å². The zero-order chi connectivity index (χ0) is 34.0. The molecule has 3 aromatic carbocycles. The zero-order valence-electron chi connectivity index (χ0n) is 29.0. The molecule has 4 aromatic rings. The number of amides is 2. The maximum absolute atomic E-state index is 13.8. The molecule has 1 aromatic heterocycles. The summed E-state index contributed by atoms with van der Waals surface area (Å²) in [5, 5.41) is 5.04. The molecule has 1 aliphatic carbocycles. The molecule has 4 heterocycles. The molecule has 8 rings (SSSR count).